The molecule has 1 fully saturated rings. The lowest BCUT2D eigenvalue weighted by molar-refractivity contribution is -0.116. The Morgan fingerprint density at radius 1 is 1.29 bits per heavy atom. The van der Waals surface area contributed by atoms with Gasteiger partial charge in [0, 0.05) is 35.7 Å². The first-order chi connectivity index (χ1) is 13.2. The van der Waals surface area contributed by atoms with Crippen LogP contribution in [-0.4, -0.2) is 36.9 Å². The standard InChI is InChI=1S/C19H22BrN3O4S/c1-11-19(12(2)27-21-11)16-5-4-7-23(16)28(25,26)18-10-17-14(9-15(18)20)6-8-22(17)13(3)24/h9-10,16H,4-8H2,1-3H3/t16-/m1/s1. The molecule has 1 aromatic carbocycles. The molecule has 7 nitrogen and oxygen atoms in total. The number of amides is 1. The van der Waals surface area contributed by atoms with Crippen molar-refractivity contribution in [2.45, 2.75) is 51.0 Å². The van der Waals surface area contributed by atoms with Crippen LogP contribution in [0.25, 0.3) is 0 Å². The average Bonchev–Trinajstić information content (AvgIpc) is 3.32. The van der Waals surface area contributed by atoms with Gasteiger partial charge in [0.25, 0.3) is 0 Å². The Bertz CT molecular complexity index is 1040. The van der Waals surface area contributed by atoms with Crippen LogP contribution in [0.2, 0.25) is 0 Å². The summed E-state index contributed by atoms with van der Waals surface area (Å²) in [6, 6.07) is 3.16. The summed E-state index contributed by atoms with van der Waals surface area (Å²) >= 11 is 3.45. The molecule has 0 radical (unpaired) electrons. The number of fused-ring (bicyclic) bond motifs is 1. The second-order valence-corrected chi connectivity index (χ2v) is 10.1. The highest BCUT2D eigenvalue weighted by Crippen LogP contribution is 2.42. The molecule has 0 aliphatic carbocycles. The fraction of sp³-hybridized carbons (Fsp3) is 0.474. The summed E-state index contributed by atoms with van der Waals surface area (Å²) in [6.45, 7) is 6.17. The number of hydrogen-bond acceptors (Lipinski definition) is 5. The monoisotopic (exact) mass is 467 g/mol. The highest BCUT2D eigenvalue weighted by atomic mass is 79.9. The highest BCUT2D eigenvalue weighted by Gasteiger charge is 2.40. The summed E-state index contributed by atoms with van der Waals surface area (Å²) in [6.07, 6.45) is 2.22. The Morgan fingerprint density at radius 2 is 2.04 bits per heavy atom. The van der Waals surface area contributed by atoms with Crippen LogP contribution in [0.15, 0.2) is 26.0 Å². The van der Waals surface area contributed by atoms with Crippen LogP contribution >= 0.6 is 15.9 Å². The first-order valence-electron chi connectivity index (χ1n) is 9.27. The fourth-order valence-corrected chi connectivity index (χ4v) is 7.06. The summed E-state index contributed by atoms with van der Waals surface area (Å²) < 4.78 is 34.5. The molecule has 28 heavy (non-hydrogen) atoms. The number of hydrogen-bond donors (Lipinski definition) is 0. The lowest BCUT2D eigenvalue weighted by atomic mass is 10.0. The molecular weight excluding hydrogens is 446 g/mol. The second kappa shape index (κ2) is 6.96. The Labute approximate surface area is 172 Å². The van der Waals surface area contributed by atoms with E-state index in [9.17, 15) is 13.2 Å². The largest absolute Gasteiger partial charge is 0.361 e. The Balaban J connectivity index is 1.79. The van der Waals surface area contributed by atoms with Gasteiger partial charge in [0.1, 0.15) is 5.76 Å². The van der Waals surface area contributed by atoms with Gasteiger partial charge in [0.05, 0.1) is 16.6 Å². The zero-order valence-corrected chi connectivity index (χ0v) is 18.4. The number of anilines is 1. The molecule has 150 valence electrons. The SMILES string of the molecule is CC(=O)N1CCc2cc(Br)c(S(=O)(=O)N3CCC[C@@H]3c3c(C)noc3C)cc21. The normalized spacial score (nSPS) is 20.0. The molecule has 2 aliphatic rings. The third kappa shape index (κ3) is 3.00. The molecule has 1 aromatic heterocycles. The Morgan fingerprint density at radius 3 is 2.68 bits per heavy atom. The van der Waals surface area contributed by atoms with Gasteiger partial charge >= 0.3 is 0 Å². The number of halogens is 1. The van der Waals surface area contributed by atoms with Gasteiger partial charge in [-0.1, -0.05) is 5.16 Å². The topological polar surface area (TPSA) is 83.7 Å². The van der Waals surface area contributed by atoms with Crippen LogP contribution in [0, 0.1) is 13.8 Å². The lowest BCUT2D eigenvalue weighted by Gasteiger charge is -2.25. The summed E-state index contributed by atoms with van der Waals surface area (Å²) in [7, 11) is -3.77. The van der Waals surface area contributed by atoms with E-state index in [4.69, 9.17) is 4.52 Å². The predicted molar refractivity (Wildman–Crippen MR) is 108 cm³/mol. The molecule has 0 spiro atoms. The van der Waals surface area contributed by atoms with Crippen LogP contribution in [0.4, 0.5) is 5.69 Å². The second-order valence-electron chi connectivity index (χ2n) is 7.34. The number of aryl methyl sites for hydroxylation is 2. The Hall–Kier alpha value is -1.71. The van der Waals surface area contributed by atoms with Crippen molar-refractivity contribution in [1.82, 2.24) is 9.46 Å². The number of sulfonamides is 1. The fourth-order valence-electron chi connectivity index (χ4n) is 4.32. The molecule has 1 atom stereocenters. The third-order valence-corrected chi connectivity index (χ3v) is 8.49. The molecule has 2 aliphatic heterocycles. The van der Waals surface area contributed by atoms with Gasteiger partial charge < -0.3 is 9.42 Å². The van der Waals surface area contributed by atoms with E-state index in [-0.39, 0.29) is 16.8 Å². The van der Waals surface area contributed by atoms with E-state index < -0.39 is 10.0 Å². The smallest absolute Gasteiger partial charge is 0.244 e. The van der Waals surface area contributed by atoms with Gasteiger partial charge in [-0.25, -0.2) is 8.42 Å². The average molecular weight is 468 g/mol. The van der Waals surface area contributed by atoms with Gasteiger partial charge in [-0.05, 0) is 66.7 Å². The maximum absolute atomic E-state index is 13.6. The van der Waals surface area contributed by atoms with Gasteiger partial charge in [0.15, 0.2) is 0 Å². The van der Waals surface area contributed by atoms with Crippen LogP contribution in [0.1, 0.15) is 48.4 Å². The van der Waals surface area contributed by atoms with Crippen molar-refractivity contribution >= 4 is 37.5 Å². The van der Waals surface area contributed by atoms with E-state index in [0.29, 0.717) is 29.0 Å². The number of nitrogens with zero attached hydrogens (tertiary/aromatic N) is 3. The molecule has 1 amide bonds. The van der Waals surface area contributed by atoms with Gasteiger partial charge in [-0.15, -0.1) is 0 Å². The molecule has 1 saturated heterocycles. The minimum absolute atomic E-state index is 0.0841. The number of carbonyl (C=O) groups is 1. The van der Waals surface area contributed by atoms with Gasteiger partial charge in [0.2, 0.25) is 15.9 Å². The highest BCUT2D eigenvalue weighted by molar-refractivity contribution is 9.10. The van der Waals surface area contributed by atoms with E-state index in [2.05, 4.69) is 21.1 Å². The minimum atomic E-state index is -3.77. The number of benzene rings is 1. The van der Waals surface area contributed by atoms with Crippen molar-refractivity contribution in [3.8, 4) is 0 Å². The molecular formula is C19H22BrN3O4S. The summed E-state index contributed by atoms with van der Waals surface area (Å²) in [5.74, 6) is 0.569. The molecule has 2 aromatic rings. The molecule has 9 heteroatoms. The minimum Gasteiger partial charge on any atom is -0.361 e. The van der Waals surface area contributed by atoms with Crippen molar-refractivity contribution in [2.24, 2.45) is 0 Å². The summed E-state index contributed by atoms with van der Waals surface area (Å²) in [4.78, 5) is 13.8. The molecule has 3 heterocycles. The van der Waals surface area contributed by atoms with Gasteiger partial charge in [-0.3, -0.25) is 4.79 Å². The zero-order valence-electron chi connectivity index (χ0n) is 16.0. The molecule has 0 unspecified atom stereocenters. The van der Waals surface area contributed by atoms with E-state index in [0.717, 1.165) is 36.1 Å². The summed E-state index contributed by atoms with van der Waals surface area (Å²) in [5, 5.41) is 3.99. The van der Waals surface area contributed by atoms with Crippen LogP contribution in [0.5, 0.6) is 0 Å². The predicted octanol–water partition coefficient (Wildman–Crippen LogP) is 3.49. The zero-order chi connectivity index (χ0) is 20.2. The summed E-state index contributed by atoms with van der Waals surface area (Å²) in [5.41, 5.74) is 3.23. The van der Waals surface area contributed by atoms with E-state index in [1.54, 1.807) is 15.3 Å². The third-order valence-electron chi connectivity index (χ3n) is 5.62. The van der Waals surface area contributed by atoms with Crippen molar-refractivity contribution in [1.29, 1.82) is 0 Å². The van der Waals surface area contributed by atoms with Crippen LogP contribution < -0.4 is 4.90 Å². The molecule has 4 rings (SSSR count). The van der Waals surface area contributed by atoms with E-state index >= 15 is 0 Å². The van der Waals surface area contributed by atoms with Gasteiger partial charge in [-0.2, -0.15) is 4.31 Å². The molecule has 0 saturated carbocycles. The van der Waals surface area contributed by atoms with Crippen LogP contribution in [-0.2, 0) is 21.2 Å². The van der Waals surface area contributed by atoms with E-state index in [1.807, 2.05) is 19.9 Å². The van der Waals surface area contributed by atoms with Crippen LogP contribution in [0.3, 0.4) is 0 Å². The number of rotatable bonds is 3. The maximum atomic E-state index is 13.6. The number of carbonyl (C=O) groups excluding carboxylic acids is 1. The first kappa shape index (κ1) is 19.6. The molecule has 0 N–H and O–H groups in total. The van der Waals surface area contributed by atoms with E-state index in [1.165, 1.54) is 6.92 Å². The maximum Gasteiger partial charge on any atom is 0.244 e. The number of aromatic nitrogens is 1. The van der Waals surface area contributed by atoms with Crippen molar-refractivity contribution in [2.75, 3.05) is 18.0 Å². The van der Waals surface area contributed by atoms with Crippen molar-refractivity contribution < 1.29 is 17.7 Å². The first-order valence-corrected chi connectivity index (χ1v) is 11.5. The lowest BCUT2D eigenvalue weighted by Crippen LogP contribution is -2.32. The molecule has 0 bridgehead atoms. The van der Waals surface area contributed by atoms with Crippen molar-refractivity contribution in [3.63, 3.8) is 0 Å². The van der Waals surface area contributed by atoms with Crippen molar-refractivity contribution in [3.05, 3.63) is 39.2 Å². The Kier molecular flexibility index (Phi) is 4.87. The quantitative estimate of drug-likeness (QED) is 0.689.